The monoisotopic (exact) mass is 291 g/mol. The Labute approximate surface area is 130 Å². The molecule has 0 aliphatic carbocycles. The third kappa shape index (κ3) is 5.15. The van der Waals surface area contributed by atoms with Gasteiger partial charge in [0.15, 0.2) is 0 Å². The molecule has 0 aromatic heterocycles. The van der Waals surface area contributed by atoms with Crippen LogP contribution in [0.3, 0.4) is 0 Å². The van der Waals surface area contributed by atoms with Crippen molar-refractivity contribution in [2.75, 3.05) is 32.7 Å². The van der Waals surface area contributed by atoms with Crippen molar-refractivity contribution in [1.29, 1.82) is 0 Å². The van der Waals surface area contributed by atoms with Crippen LogP contribution in [0.4, 0.5) is 0 Å². The molecule has 3 aliphatic rings. The molecule has 2 atom stereocenters. The summed E-state index contributed by atoms with van der Waals surface area (Å²) in [5, 5.41) is 7.02. The molecule has 2 unspecified atom stereocenters. The van der Waals surface area contributed by atoms with E-state index in [1.54, 1.807) is 0 Å². The van der Waals surface area contributed by atoms with E-state index < -0.39 is 0 Å². The van der Waals surface area contributed by atoms with Gasteiger partial charge in [-0.1, -0.05) is 26.0 Å². The second kappa shape index (κ2) is 9.26. The van der Waals surface area contributed by atoms with Crippen molar-refractivity contribution >= 4 is 0 Å². The van der Waals surface area contributed by atoms with E-state index in [4.69, 9.17) is 0 Å². The number of hydrogen-bond acceptors (Lipinski definition) is 3. The van der Waals surface area contributed by atoms with Gasteiger partial charge in [-0.15, -0.1) is 0 Å². The number of dihydropyridines is 1. The fraction of sp³-hybridized carbons (Fsp3) is 0.778. The molecular formula is C18H33N3. The molecule has 0 aromatic rings. The van der Waals surface area contributed by atoms with Crippen LogP contribution in [0, 0.1) is 11.8 Å². The highest BCUT2D eigenvalue weighted by Crippen LogP contribution is 2.24. The van der Waals surface area contributed by atoms with Gasteiger partial charge in [0.05, 0.1) is 0 Å². The zero-order valence-electron chi connectivity index (χ0n) is 13.9. The van der Waals surface area contributed by atoms with Gasteiger partial charge in [-0.2, -0.15) is 0 Å². The van der Waals surface area contributed by atoms with E-state index in [1.807, 2.05) is 13.8 Å². The molecule has 0 aromatic carbocycles. The van der Waals surface area contributed by atoms with Crippen LogP contribution in [-0.4, -0.2) is 43.7 Å². The minimum atomic E-state index is 0.573. The summed E-state index contributed by atoms with van der Waals surface area (Å²) < 4.78 is 0. The first kappa shape index (κ1) is 16.6. The van der Waals surface area contributed by atoms with Gasteiger partial charge in [-0.05, 0) is 76.0 Å². The lowest BCUT2D eigenvalue weighted by atomic mass is 9.87. The average Bonchev–Trinajstić information content (AvgIpc) is 2.59. The predicted octanol–water partition coefficient (Wildman–Crippen LogP) is 2.77. The number of allylic oxidation sites excluding steroid dienone is 2. The number of likely N-dealkylation sites (tertiary alicyclic amines) is 1. The molecule has 0 spiro atoms. The van der Waals surface area contributed by atoms with E-state index in [9.17, 15) is 0 Å². The molecule has 3 nitrogen and oxygen atoms in total. The van der Waals surface area contributed by atoms with Gasteiger partial charge in [-0.3, -0.25) is 0 Å². The molecule has 3 heteroatoms. The normalized spacial score (nSPS) is 30.4. The Morgan fingerprint density at radius 1 is 1.10 bits per heavy atom. The Morgan fingerprint density at radius 3 is 2.52 bits per heavy atom. The standard InChI is InChI=1S/C16H27N3.C2H6/c1-2-9-18-16(5-1)15-6-10-19(11-7-15)13-14-4-3-8-17-12-14;1-2/h1-2,5,9,14-18H,3-4,6-8,10-13H2;1-2H3. The van der Waals surface area contributed by atoms with Crippen molar-refractivity contribution in [2.45, 2.75) is 45.6 Å². The van der Waals surface area contributed by atoms with Gasteiger partial charge in [0, 0.05) is 12.6 Å². The first-order chi connectivity index (χ1) is 10.4. The highest BCUT2D eigenvalue weighted by atomic mass is 15.1. The van der Waals surface area contributed by atoms with Crippen LogP contribution in [0.15, 0.2) is 24.4 Å². The molecule has 0 radical (unpaired) electrons. The van der Waals surface area contributed by atoms with Crippen LogP contribution >= 0.6 is 0 Å². The lowest BCUT2D eigenvalue weighted by molar-refractivity contribution is 0.142. The minimum Gasteiger partial charge on any atom is -0.384 e. The predicted molar refractivity (Wildman–Crippen MR) is 91.3 cm³/mol. The summed E-state index contributed by atoms with van der Waals surface area (Å²) in [6, 6.07) is 0.573. The SMILES string of the molecule is C1=CNC(C2CCN(CC3CCCNC3)CC2)C=C1.CC. The van der Waals surface area contributed by atoms with Crippen molar-refractivity contribution in [3.8, 4) is 0 Å². The molecule has 2 fully saturated rings. The van der Waals surface area contributed by atoms with Gasteiger partial charge < -0.3 is 15.5 Å². The molecule has 2 N–H and O–H groups in total. The zero-order chi connectivity index (χ0) is 14.9. The van der Waals surface area contributed by atoms with Crippen LogP contribution in [0.2, 0.25) is 0 Å². The topological polar surface area (TPSA) is 27.3 Å². The zero-order valence-corrected chi connectivity index (χ0v) is 13.9. The second-order valence-electron chi connectivity index (χ2n) is 6.29. The van der Waals surface area contributed by atoms with E-state index >= 15 is 0 Å². The first-order valence-corrected chi connectivity index (χ1v) is 8.94. The van der Waals surface area contributed by atoms with Gasteiger partial charge in [0.1, 0.15) is 0 Å². The minimum absolute atomic E-state index is 0.573. The van der Waals surface area contributed by atoms with Crippen LogP contribution in [-0.2, 0) is 0 Å². The molecule has 0 bridgehead atoms. The van der Waals surface area contributed by atoms with Gasteiger partial charge >= 0.3 is 0 Å². The molecule has 120 valence electrons. The van der Waals surface area contributed by atoms with E-state index in [-0.39, 0.29) is 0 Å². The molecule has 3 aliphatic heterocycles. The third-order valence-corrected chi connectivity index (χ3v) is 4.87. The number of piperidine rings is 2. The smallest absolute Gasteiger partial charge is 0.0471 e. The number of rotatable bonds is 3. The largest absolute Gasteiger partial charge is 0.384 e. The third-order valence-electron chi connectivity index (χ3n) is 4.87. The maximum Gasteiger partial charge on any atom is 0.0471 e. The Kier molecular flexibility index (Phi) is 7.31. The van der Waals surface area contributed by atoms with Crippen molar-refractivity contribution in [2.24, 2.45) is 11.8 Å². The summed E-state index contributed by atoms with van der Waals surface area (Å²) in [7, 11) is 0. The molecule has 3 rings (SSSR count). The Bertz CT molecular complexity index is 323. The second-order valence-corrected chi connectivity index (χ2v) is 6.29. The Morgan fingerprint density at radius 2 is 1.90 bits per heavy atom. The summed E-state index contributed by atoms with van der Waals surface area (Å²) in [4.78, 5) is 2.69. The van der Waals surface area contributed by atoms with Crippen molar-refractivity contribution in [3.05, 3.63) is 24.4 Å². The van der Waals surface area contributed by atoms with E-state index in [2.05, 4.69) is 40.0 Å². The maximum absolute atomic E-state index is 3.53. The first-order valence-electron chi connectivity index (χ1n) is 8.94. The van der Waals surface area contributed by atoms with Gasteiger partial charge in [0.2, 0.25) is 0 Å². The maximum atomic E-state index is 3.53. The Balaban J connectivity index is 0.000000774. The van der Waals surface area contributed by atoms with E-state index in [0.717, 1.165) is 11.8 Å². The fourth-order valence-electron chi connectivity index (χ4n) is 3.69. The summed E-state index contributed by atoms with van der Waals surface area (Å²) in [5.41, 5.74) is 0. The molecule has 0 saturated carbocycles. The lowest BCUT2D eigenvalue weighted by Crippen LogP contribution is -2.45. The summed E-state index contributed by atoms with van der Waals surface area (Å²) in [6.45, 7) is 10.4. The molecule has 0 amide bonds. The van der Waals surface area contributed by atoms with Crippen LogP contribution in [0.5, 0.6) is 0 Å². The molecule has 2 saturated heterocycles. The van der Waals surface area contributed by atoms with Crippen LogP contribution in [0.25, 0.3) is 0 Å². The van der Waals surface area contributed by atoms with Gasteiger partial charge in [-0.25, -0.2) is 0 Å². The molecular weight excluding hydrogens is 258 g/mol. The van der Waals surface area contributed by atoms with Crippen molar-refractivity contribution in [3.63, 3.8) is 0 Å². The van der Waals surface area contributed by atoms with Crippen molar-refractivity contribution in [1.82, 2.24) is 15.5 Å². The quantitative estimate of drug-likeness (QED) is 0.837. The summed E-state index contributed by atoms with van der Waals surface area (Å²) >= 11 is 0. The number of nitrogens with zero attached hydrogens (tertiary/aromatic N) is 1. The van der Waals surface area contributed by atoms with Gasteiger partial charge in [0.25, 0.3) is 0 Å². The molecule has 21 heavy (non-hydrogen) atoms. The lowest BCUT2D eigenvalue weighted by Gasteiger charge is -2.38. The summed E-state index contributed by atoms with van der Waals surface area (Å²) in [5.74, 6) is 1.71. The Hall–Kier alpha value is -0.800. The fourth-order valence-corrected chi connectivity index (χ4v) is 3.69. The number of nitrogens with one attached hydrogen (secondary N) is 2. The summed E-state index contributed by atoms with van der Waals surface area (Å²) in [6.07, 6.45) is 14.2. The van der Waals surface area contributed by atoms with Crippen LogP contribution < -0.4 is 10.6 Å². The number of hydrogen-bond donors (Lipinski definition) is 2. The van der Waals surface area contributed by atoms with E-state index in [0.29, 0.717) is 6.04 Å². The molecule has 3 heterocycles. The highest BCUT2D eigenvalue weighted by Gasteiger charge is 2.26. The van der Waals surface area contributed by atoms with E-state index in [1.165, 1.54) is 58.4 Å². The van der Waals surface area contributed by atoms with Crippen LogP contribution in [0.1, 0.15) is 39.5 Å². The van der Waals surface area contributed by atoms with Crippen molar-refractivity contribution < 1.29 is 0 Å². The highest BCUT2D eigenvalue weighted by molar-refractivity contribution is 5.13. The average molecular weight is 291 g/mol.